The second-order valence-corrected chi connectivity index (χ2v) is 7.62. The van der Waals surface area contributed by atoms with Crippen molar-refractivity contribution in [3.63, 3.8) is 0 Å². The van der Waals surface area contributed by atoms with Gasteiger partial charge in [-0.1, -0.05) is 0 Å². The first-order chi connectivity index (χ1) is 15.2. The fourth-order valence-electron chi connectivity index (χ4n) is 2.73. The van der Waals surface area contributed by atoms with Crippen LogP contribution in [0.1, 0.15) is 32.3 Å². The first-order valence-corrected chi connectivity index (χ1v) is 9.73. The van der Waals surface area contributed by atoms with E-state index in [9.17, 15) is 25.3 Å². The van der Waals surface area contributed by atoms with Gasteiger partial charge in [0.05, 0.1) is 34.1 Å². The summed E-state index contributed by atoms with van der Waals surface area (Å²) in [5.41, 5.74) is 0.489. The van der Waals surface area contributed by atoms with Crippen LogP contribution in [0.5, 0.6) is 0 Å². The van der Waals surface area contributed by atoms with Gasteiger partial charge in [0.25, 0.3) is 5.69 Å². The molecule has 0 radical (unpaired) electrons. The lowest BCUT2D eigenvalue weighted by Gasteiger charge is -2.28. The van der Waals surface area contributed by atoms with Crippen LogP contribution in [0, 0.1) is 38.2 Å². The molecule has 0 unspecified atom stereocenters. The highest BCUT2D eigenvalue weighted by Crippen LogP contribution is 2.28. The number of nitriles is 2. The second kappa shape index (κ2) is 10.6. The zero-order valence-corrected chi connectivity index (χ0v) is 17.7. The van der Waals surface area contributed by atoms with E-state index in [-0.39, 0.29) is 16.9 Å². The Labute approximate surface area is 185 Å². The van der Waals surface area contributed by atoms with E-state index in [1.807, 2.05) is 11.0 Å². The topological polar surface area (TPSA) is 156 Å². The number of carboxylic acid groups (broad SMARTS) is 1. The summed E-state index contributed by atoms with van der Waals surface area (Å²) in [4.78, 5) is 23.6. The van der Waals surface area contributed by atoms with Crippen LogP contribution in [0.15, 0.2) is 52.7 Å². The third-order valence-corrected chi connectivity index (χ3v) is 4.88. The van der Waals surface area contributed by atoms with Gasteiger partial charge in [-0.15, -0.1) is 5.11 Å². The first-order valence-electron chi connectivity index (χ1n) is 9.73. The highest BCUT2D eigenvalue weighted by atomic mass is 16.6. The molecule has 0 fully saturated rings. The number of carboxylic acids is 1. The predicted molar refractivity (Wildman–Crippen MR) is 117 cm³/mol. The molecule has 0 bridgehead atoms. The number of nitro groups is 1. The minimum Gasteiger partial charge on any atom is -0.481 e. The predicted octanol–water partition coefficient (Wildman–Crippen LogP) is 5.10. The summed E-state index contributed by atoms with van der Waals surface area (Å²) in [6, 6.07) is 14.7. The lowest BCUT2D eigenvalue weighted by molar-refractivity contribution is -0.384. The standard InChI is InChI=1S/C22H22N6O4/c1-22(2,21(29)30)10-13-27(12-3-11-23)18-6-4-17(5-7-18)25-26-20-9-8-19(28(31)32)14-16(20)15-24/h4-9,14H,3,10,12-13H2,1-2H3,(H,29,30). The number of hydrogen-bond donors (Lipinski definition) is 1. The van der Waals surface area contributed by atoms with Gasteiger partial charge in [0.2, 0.25) is 0 Å². The van der Waals surface area contributed by atoms with Gasteiger partial charge >= 0.3 is 5.97 Å². The van der Waals surface area contributed by atoms with E-state index in [0.29, 0.717) is 31.6 Å². The van der Waals surface area contributed by atoms with Gasteiger partial charge in [-0.05, 0) is 50.6 Å². The average molecular weight is 434 g/mol. The highest BCUT2D eigenvalue weighted by molar-refractivity contribution is 5.73. The molecule has 10 heteroatoms. The summed E-state index contributed by atoms with van der Waals surface area (Å²) in [5.74, 6) is -0.878. The largest absolute Gasteiger partial charge is 0.481 e. The molecule has 10 nitrogen and oxygen atoms in total. The van der Waals surface area contributed by atoms with Crippen LogP contribution >= 0.6 is 0 Å². The highest BCUT2D eigenvalue weighted by Gasteiger charge is 2.27. The number of hydrogen-bond acceptors (Lipinski definition) is 8. The monoisotopic (exact) mass is 434 g/mol. The molecule has 0 saturated heterocycles. The van der Waals surface area contributed by atoms with Crippen molar-refractivity contribution >= 4 is 28.7 Å². The van der Waals surface area contributed by atoms with Gasteiger partial charge in [0.1, 0.15) is 11.8 Å². The van der Waals surface area contributed by atoms with Crippen LogP contribution in [0.25, 0.3) is 0 Å². The molecular formula is C22H22N6O4. The van der Waals surface area contributed by atoms with Crippen molar-refractivity contribution < 1.29 is 14.8 Å². The SMILES string of the molecule is CC(C)(CCN(CCC#N)c1ccc(N=Nc2ccc([N+](=O)[O-])cc2C#N)cc1)C(=O)O. The van der Waals surface area contributed by atoms with Crippen molar-refractivity contribution in [1.29, 1.82) is 10.5 Å². The summed E-state index contributed by atoms with van der Waals surface area (Å²) in [6.45, 7) is 4.25. The van der Waals surface area contributed by atoms with Crippen LogP contribution in [-0.2, 0) is 4.79 Å². The molecule has 0 heterocycles. The minimum absolute atomic E-state index is 0.0447. The molecule has 2 rings (SSSR count). The van der Waals surface area contributed by atoms with Crippen LogP contribution in [-0.4, -0.2) is 29.1 Å². The fourth-order valence-corrected chi connectivity index (χ4v) is 2.73. The Balaban J connectivity index is 2.18. The molecule has 32 heavy (non-hydrogen) atoms. The zero-order valence-electron chi connectivity index (χ0n) is 17.7. The fraction of sp³-hybridized carbons (Fsp3) is 0.318. The molecule has 0 spiro atoms. The summed E-state index contributed by atoms with van der Waals surface area (Å²) in [6.07, 6.45) is 0.707. The molecule has 0 saturated carbocycles. The maximum Gasteiger partial charge on any atom is 0.309 e. The first kappa shape index (κ1) is 24.0. The lowest BCUT2D eigenvalue weighted by atomic mass is 9.89. The van der Waals surface area contributed by atoms with Gasteiger partial charge in [-0.3, -0.25) is 14.9 Å². The number of rotatable bonds is 10. The summed E-state index contributed by atoms with van der Waals surface area (Å²) < 4.78 is 0. The van der Waals surface area contributed by atoms with Crippen molar-refractivity contribution in [3.8, 4) is 12.1 Å². The summed E-state index contributed by atoms with van der Waals surface area (Å²) >= 11 is 0. The van der Waals surface area contributed by atoms with Gasteiger partial charge < -0.3 is 10.0 Å². The van der Waals surface area contributed by atoms with Crippen molar-refractivity contribution in [2.45, 2.75) is 26.7 Å². The number of nitro benzene ring substituents is 1. The maximum absolute atomic E-state index is 11.4. The quantitative estimate of drug-likeness (QED) is 0.309. The Morgan fingerprint density at radius 3 is 2.41 bits per heavy atom. The molecule has 0 amide bonds. The second-order valence-electron chi connectivity index (χ2n) is 7.62. The number of aliphatic carboxylic acids is 1. The van der Waals surface area contributed by atoms with Crippen LogP contribution in [0.3, 0.4) is 0 Å². The van der Waals surface area contributed by atoms with Crippen LogP contribution < -0.4 is 4.90 Å². The van der Waals surface area contributed by atoms with Crippen LogP contribution in [0.4, 0.5) is 22.7 Å². The van der Waals surface area contributed by atoms with E-state index in [1.54, 1.807) is 38.1 Å². The Hall–Kier alpha value is -4.31. The van der Waals surface area contributed by atoms with Crippen molar-refractivity contribution in [3.05, 3.63) is 58.1 Å². The minimum atomic E-state index is -0.887. The molecule has 0 aliphatic heterocycles. The van der Waals surface area contributed by atoms with E-state index in [2.05, 4.69) is 16.3 Å². The summed E-state index contributed by atoms with van der Waals surface area (Å²) in [7, 11) is 0. The normalized spacial score (nSPS) is 11.0. The number of non-ortho nitro benzene ring substituents is 1. The van der Waals surface area contributed by atoms with Crippen molar-refractivity contribution in [2.24, 2.45) is 15.6 Å². The smallest absolute Gasteiger partial charge is 0.309 e. The Kier molecular flexibility index (Phi) is 7.97. The Morgan fingerprint density at radius 1 is 1.16 bits per heavy atom. The third kappa shape index (κ3) is 6.34. The van der Waals surface area contributed by atoms with E-state index in [0.717, 1.165) is 11.8 Å². The number of nitrogens with zero attached hydrogens (tertiary/aromatic N) is 6. The summed E-state index contributed by atoms with van der Waals surface area (Å²) in [5, 5.41) is 46.4. The molecule has 0 aliphatic rings. The average Bonchev–Trinajstić information content (AvgIpc) is 2.77. The Bertz CT molecular complexity index is 1100. The number of azo groups is 1. The lowest BCUT2D eigenvalue weighted by Crippen LogP contribution is -2.32. The molecule has 2 aromatic carbocycles. The van der Waals surface area contributed by atoms with Gasteiger partial charge in [0.15, 0.2) is 0 Å². The van der Waals surface area contributed by atoms with Gasteiger partial charge in [-0.2, -0.15) is 15.6 Å². The van der Waals surface area contributed by atoms with Gasteiger partial charge in [0, 0.05) is 30.9 Å². The molecule has 164 valence electrons. The molecule has 2 aromatic rings. The molecular weight excluding hydrogens is 412 g/mol. The third-order valence-electron chi connectivity index (χ3n) is 4.88. The molecule has 0 aromatic heterocycles. The number of anilines is 1. The molecule has 1 N–H and O–H groups in total. The maximum atomic E-state index is 11.4. The number of benzene rings is 2. The van der Waals surface area contributed by atoms with Gasteiger partial charge in [-0.25, -0.2) is 0 Å². The van der Waals surface area contributed by atoms with E-state index in [1.165, 1.54) is 12.1 Å². The van der Waals surface area contributed by atoms with E-state index >= 15 is 0 Å². The van der Waals surface area contributed by atoms with E-state index < -0.39 is 16.3 Å². The Morgan fingerprint density at radius 2 is 1.84 bits per heavy atom. The van der Waals surface area contributed by atoms with E-state index in [4.69, 9.17) is 5.26 Å². The van der Waals surface area contributed by atoms with Crippen molar-refractivity contribution in [2.75, 3.05) is 18.0 Å². The molecule has 0 atom stereocenters. The molecule has 0 aliphatic carbocycles. The number of carbonyl (C=O) groups is 1. The van der Waals surface area contributed by atoms with Crippen molar-refractivity contribution in [1.82, 2.24) is 0 Å². The zero-order chi connectivity index (χ0) is 23.7. The van der Waals surface area contributed by atoms with Crippen LogP contribution in [0.2, 0.25) is 0 Å².